The molecular formula is C16H19N3. The van der Waals surface area contributed by atoms with E-state index in [1.165, 1.54) is 16.8 Å². The zero-order chi connectivity index (χ0) is 14.0. The van der Waals surface area contributed by atoms with Gasteiger partial charge in [0.1, 0.15) is 5.84 Å². The van der Waals surface area contributed by atoms with Crippen LogP contribution in [0.2, 0.25) is 0 Å². The third kappa shape index (κ3) is 2.76. The number of anilines is 2. The summed E-state index contributed by atoms with van der Waals surface area (Å²) >= 11 is 0. The molecule has 0 atom stereocenters. The van der Waals surface area contributed by atoms with Gasteiger partial charge in [-0.2, -0.15) is 0 Å². The maximum Gasteiger partial charge on any atom is 0.122 e. The molecule has 2 aromatic carbocycles. The molecule has 3 heteroatoms. The van der Waals surface area contributed by atoms with Crippen LogP contribution in [0, 0.1) is 19.3 Å². The molecule has 19 heavy (non-hydrogen) atoms. The summed E-state index contributed by atoms with van der Waals surface area (Å²) in [7, 11) is 2.04. The van der Waals surface area contributed by atoms with Gasteiger partial charge in [-0.3, -0.25) is 5.41 Å². The summed E-state index contributed by atoms with van der Waals surface area (Å²) in [5.74, 6) is 0.0979. The van der Waals surface area contributed by atoms with Gasteiger partial charge in [0.05, 0.1) is 0 Å². The largest absolute Gasteiger partial charge is 0.384 e. The number of nitrogens with two attached hydrogens (primary N) is 1. The molecule has 0 heterocycles. The number of nitrogen functional groups attached to an aromatic ring is 1. The van der Waals surface area contributed by atoms with Crippen LogP contribution in [-0.4, -0.2) is 12.9 Å². The van der Waals surface area contributed by atoms with Crippen LogP contribution in [0.3, 0.4) is 0 Å². The first-order chi connectivity index (χ1) is 8.99. The van der Waals surface area contributed by atoms with E-state index < -0.39 is 0 Å². The quantitative estimate of drug-likeness (QED) is 0.651. The first kappa shape index (κ1) is 13.1. The van der Waals surface area contributed by atoms with E-state index in [0.717, 1.165) is 11.3 Å². The molecule has 0 radical (unpaired) electrons. The Morgan fingerprint density at radius 1 is 1.05 bits per heavy atom. The molecule has 0 aliphatic carbocycles. The van der Waals surface area contributed by atoms with Gasteiger partial charge in [-0.1, -0.05) is 17.7 Å². The number of amidine groups is 1. The average molecular weight is 253 g/mol. The lowest BCUT2D eigenvalue weighted by Crippen LogP contribution is -2.13. The molecule has 98 valence electrons. The van der Waals surface area contributed by atoms with Crippen molar-refractivity contribution >= 4 is 17.2 Å². The number of hydrogen-bond acceptors (Lipinski definition) is 2. The van der Waals surface area contributed by atoms with Crippen molar-refractivity contribution in [2.45, 2.75) is 13.8 Å². The molecule has 0 amide bonds. The van der Waals surface area contributed by atoms with Crippen molar-refractivity contribution in [2.75, 3.05) is 11.9 Å². The zero-order valence-corrected chi connectivity index (χ0v) is 11.6. The lowest BCUT2D eigenvalue weighted by Gasteiger charge is -2.22. The number of hydrogen-bond donors (Lipinski definition) is 2. The molecule has 2 aromatic rings. The van der Waals surface area contributed by atoms with Crippen molar-refractivity contribution in [3.8, 4) is 0 Å². The summed E-state index contributed by atoms with van der Waals surface area (Å²) in [4.78, 5) is 2.14. The molecule has 0 fully saturated rings. The Kier molecular flexibility index (Phi) is 3.56. The fraction of sp³-hybridized carbons (Fsp3) is 0.188. The topological polar surface area (TPSA) is 53.1 Å². The van der Waals surface area contributed by atoms with E-state index >= 15 is 0 Å². The Hall–Kier alpha value is -2.29. The SMILES string of the molecule is Cc1ccc(N(C)c2ccc(C(=N)N)cc2)c(C)c1. The summed E-state index contributed by atoms with van der Waals surface area (Å²) in [5.41, 5.74) is 11.0. The van der Waals surface area contributed by atoms with Crippen LogP contribution in [0.5, 0.6) is 0 Å². The smallest absolute Gasteiger partial charge is 0.122 e. The highest BCUT2D eigenvalue weighted by atomic mass is 15.1. The third-order valence-electron chi connectivity index (χ3n) is 3.28. The fourth-order valence-corrected chi connectivity index (χ4v) is 2.19. The average Bonchev–Trinajstić information content (AvgIpc) is 2.38. The molecule has 0 aliphatic rings. The first-order valence-corrected chi connectivity index (χ1v) is 6.24. The van der Waals surface area contributed by atoms with Crippen LogP contribution < -0.4 is 10.6 Å². The number of nitrogens with one attached hydrogen (secondary N) is 1. The fourth-order valence-electron chi connectivity index (χ4n) is 2.19. The Balaban J connectivity index is 2.33. The van der Waals surface area contributed by atoms with Crippen molar-refractivity contribution in [1.82, 2.24) is 0 Å². The van der Waals surface area contributed by atoms with Crippen molar-refractivity contribution in [1.29, 1.82) is 5.41 Å². The van der Waals surface area contributed by atoms with E-state index in [1.54, 1.807) is 0 Å². The highest BCUT2D eigenvalue weighted by Gasteiger charge is 2.07. The van der Waals surface area contributed by atoms with Gasteiger partial charge in [-0.25, -0.2) is 0 Å². The van der Waals surface area contributed by atoms with Gasteiger partial charge in [0.15, 0.2) is 0 Å². The third-order valence-corrected chi connectivity index (χ3v) is 3.28. The van der Waals surface area contributed by atoms with Crippen LogP contribution >= 0.6 is 0 Å². The van der Waals surface area contributed by atoms with Crippen LogP contribution in [-0.2, 0) is 0 Å². The first-order valence-electron chi connectivity index (χ1n) is 6.24. The number of nitrogens with zero attached hydrogens (tertiary/aromatic N) is 1. The van der Waals surface area contributed by atoms with Gasteiger partial charge in [0.2, 0.25) is 0 Å². The van der Waals surface area contributed by atoms with E-state index in [4.69, 9.17) is 11.1 Å². The van der Waals surface area contributed by atoms with Crippen molar-refractivity contribution in [3.05, 3.63) is 59.2 Å². The van der Waals surface area contributed by atoms with E-state index in [-0.39, 0.29) is 5.84 Å². The van der Waals surface area contributed by atoms with Gasteiger partial charge in [-0.05, 0) is 49.7 Å². The number of rotatable bonds is 3. The van der Waals surface area contributed by atoms with Crippen molar-refractivity contribution in [3.63, 3.8) is 0 Å². The van der Waals surface area contributed by atoms with Gasteiger partial charge >= 0.3 is 0 Å². The summed E-state index contributed by atoms with van der Waals surface area (Å²) in [6.45, 7) is 4.21. The van der Waals surface area contributed by atoms with Crippen LogP contribution in [0.1, 0.15) is 16.7 Å². The maximum atomic E-state index is 7.40. The summed E-state index contributed by atoms with van der Waals surface area (Å²) in [5, 5.41) is 7.40. The van der Waals surface area contributed by atoms with Gasteiger partial charge < -0.3 is 10.6 Å². The van der Waals surface area contributed by atoms with Crippen molar-refractivity contribution in [2.24, 2.45) is 5.73 Å². The Morgan fingerprint density at radius 3 is 2.21 bits per heavy atom. The van der Waals surface area contributed by atoms with E-state index in [1.807, 2.05) is 31.3 Å². The minimum atomic E-state index is 0.0979. The van der Waals surface area contributed by atoms with Crippen LogP contribution in [0.25, 0.3) is 0 Å². The molecule has 3 nitrogen and oxygen atoms in total. The second-order valence-electron chi connectivity index (χ2n) is 4.81. The predicted octanol–water partition coefficient (Wildman–Crippen LogP) is 3.36. The highest BCUT2D eigenvalue weighted by Crippen LogP contribution is 2.27. The molecule has 0 aromatic heterocycles. The number of benzene rings is 2. The van der Waals surface area contributed by atoms with Crippen LogP contribution in [0.4, 0.5) is 11.4 Å². The second kappa shape index (κ2) is 5.14. The second-order valence-corrected chi connectivity index (χ2v) is 4.81. The summed E-state index contributed by atoms with van der Waals surface area (Å²) < 4.78 is 0. The molecule has 0 saturated carbocycles. The molecule has 0 bridgehead atoms. The lowest BCUT2D eigenvalue weighted by molar-refractivity contribution is 1.18. The summed E-state index contributed by atoms with van der Waals surface area (Å²) in [6, 6.07) is 14.1. The Bertz CT molecular complexity index is 600. The molecule has 0 aliphatic heterocycles. The Morgan fingerprint density at radius 2 is 1.68 bits per heavy atom. The van der Waals surface area contributed by atoms with Crippen LogP contribution in [0.15, 0.2) is 42.5 Å². The molecule has 0 spiro atoms. The molecule has 3 N–H and O–H groups in total. The summed E-state index contributed by atoms with van der Waals surface area (Å²) in [6.07, 6.45) is 0. The minimum absolute atomic E-state index is 0.0979. The predicted molar refractivity (Wildman–Crippen MR) is 81.4 cm³/mol. The molecule has 2 rings (SSSR count). The zero-order valence-electron chi connectivity index (χ0n) is 11.6. The maximum absolute atomic E-state index is 7.40. The number of aryl methyl sites for hydroxylation is 2. The van der Waals surface area contributed by atoms with Gasteiger partial charge in [-0.15, -0.1) is 0 Å². The molecular weight excluding hydrogens is 234 g/mol. The molecule has 0 saturated heterocycles. The van der Waals surface area contributed by atoms with Crippen molar-refractivity contribution < 1.29 is 0 Å². The standard InChI is InChI=1S/C16H19N3/c1-11-4-9-15(12(2)10-11)19(3)14-7-5-13(6-8-14)16(17)18/h4-10H,1-3H3,(H3,17,18). The van der Waals surface area contributed by atoms with Gasteiger partial charge in [0.25, 0.3) is 0 Å². The molecule has 0 unspecified atom stereocenters. The van der Waals surface area contributed by atoms with E-state index in [9.17, 15) is 0 Å². The highest BCUT2D eigenvalue weighted by molar-refractivity contribution is 5.95. The monoisotopic (exact) mass is 253 g/mol. The Labute approximate surface area is 114 Å². The van der Waals surface area contributed by atoms with E-state index in [0.29, 0.717) is 0 Å². The lowest BCUT2D eigenvalue weighted by atomic mass is 10.1. The van der Waals surface area contributed by atoms with E-state index in [2.05, 4.69) is 36.9 Å². The minimum Gasteiger partial charge on any atom is -0.384 e. The normalized spacial score (nSPS) is 10.3. The van der Waals surface area contributed by atoms with Gasteiger partial charge in [0, 0.05) is 24.0 Å².